The van der Waals surface area contributed by atoms with Gasteiger partial charge < -0.3 is 9.47 Å². The standard InChI is InChI=1S/C15H19N3O2/c1-19-11-14-16-15(13-7-8-20-10-13)18(17-14)9-12-5-3-2-4-6-12/h2-6,13H,7-11H2,1H3/t13-/m1/s1. The zero-order chi connectivity index (χ0) is 13.8. The van der Waals surface area contributed by atoms with Gasteiger partial charge in [-0.05, 0) is 12.0 Å². The highest BCUT2D eigenvalue weighted by Gasteiger charge is 2.24. The van der Waals surface area contributed by atoms with Crippen molar-refractivity contribution >= 4 is 0 Å². The van der Waals surface area contributed by atoms with Gasteiger partial charge in [-0.2, -0.15) is 5.10 Å². The third kappa shape index (κ3) is 2.89. The summed E-state index contributed by atoms with van der Waals surface area (Å²) >= 11 is 0. The van der Waals surface area contributed by atoms with E-state index in [-0.39, 0.29) is 0 Å². The van der Waals surface area contributed by atoms with Crippen molar-refractivity contribution in [2.75, 3.05) is 20.3 Å². The molecule has 3 rings (SSSR count). The lowest BCUT2D eigenvalue weighted by Crippen LogP contribution is -2.11. The number of benzene rings is 1. The smallest absolute Gasteiger partial charge is 0.176 e. The third-order valence-electron chi connectivity index (χ3n) is 3.49. The van der Waals surface area contributed by atoms with Crippen LogP contribution in [0.3, 0.4) is 0 Å². The number of hydrogen-bond acceptors (Lipinski definition) is 4. The molecule has 2 heterocycles. The Morgan fingerprint density at radius 3 is 2.90 bits per heavy atom. The summed E-state index contributed by atoms with van der Waals surface area (Å²) in [6.07, 6.45) is 1.01. The van der Waals surface area contributed by atoms with Crippen molar-refractivity contribution < 1.29 is 9.47 Å². The topological polar surface area (TPSA) is 49.2 Å². The molecule has 1 aromatic heterocycles. The van der Waals surface area contributed by atoms with E-state index < -0.39 is 0 Å². The zero-order valence-electron chi connectivity index (χ0n) is 11.7. The molecule has 1 atom stereocenters. The molecule has 0 amide bonds. The number of rotatable bonds is 5. The lowest BCUT2D eigenvalue weighted by molar-refractivity contribution is 0.177. The average Bonchev–Trinajstić information content (AvgIpc) is 3.10. The molecule has 1 aliphatic rings. The summed E-state index contributed by atoms with van der Waals surface area (Å²) in [5.74, 6) is 2.10. The van der Waals surface area contributed by atoms with Crippen molar-refractivity contribution in [3.63, 3.8) is 0 Å². The Labute approximate surface area is 118 Å². The second kappa shape index (κ2) is 6.15. The minimum atomic E-state index is 0.344. The van der Waals surface area contributed by atoms with Crippen LogP contribution in [0.5, 0.6) is 0 Å². The fourth-order valence-corrected chi connectivity index (χ4v) is 2.51. The van der Waals surface area contributed by atoms with E-state index in [9.17, 15) is 0 Å². The summed E-state index contributed by atoms with van der Waals surface area (Å²) in [6.45, 7) is 2.73. The summed E-state index contributed by atoms with van der Waals surface area (Å²) in [4.78, 5) is 4.62. The van der Waals surface area contributed by atoms with Crippen LogP contribution in [0, 0.1) is 0 Å². The molecule has 106 valence electrons. The quantitative estimate of drug-likeness (QED) is 0.836. The molecule has 5 heteroatoms. The highest BCUT2D eigenvalue weighted by molar-refractivity contribution is 5.16. The maximum absolute atomic E-state index is 5.47. The highest BCUT2D eigenvalue weighted by Crippen LogP contribution is 2.24. The summed E-state index contributed by atoms with van der Waals surface area (Å²) in [5.41, 5.74) is 1.22. The molecule has 20 heavy (non-hydrogen) atoms. The largest absolute Gasteiger partial charge is 0.381 e. The Kier molecular flexibility index (Phi) is 4.08. The van der Waals surface area contributed by atoms with Gasteiger partial charge in [0.05, 0.1) is 13.2 Å². The van der Waals surface area contributed by atoms with Crippen LogP contribution in [0.4, 0.5) is 0 Å². The second-order valence-electron chi connectivity index (χ2n) is 5.02. The Bertz CT molecular complexity index is 548. The average molecular weight is 273 g/mol. The van der Waals surface area contributed by atoms with Gasteiger partial charge in [0.2, 0.25) is 0 Å². The summed E-state index contributed by atoms with van der Waals surface area (Å²) in [7, 11) is 1.66. The number of ether oxygens (including phenoxy) is 2. The van der Waals surface area contributed by atoms with Crippen LogP contribution < -0.4 is 0 Å². The lowest BCUT2D eigenvalue weighted by Gasteiger charge is -2.09. The van der Waals surface area contributed by atoms with E-state index in [0.29, 0.717) is 12.5 Å². The molecule has 2 aromatic rings. The van der Waals surface area contributed by atoms with Crippen molar-refractivity contribution in [1.29, 1.82) is 0 Å². The molecule has 0 spiro atoms. The van der Waals surface area contributed by atoms with Gasteiger partial charge >= 0.3 is 0 Å². The number of hydrogen-bond donors (Lipinski definition) is 0. The maximum atomic E-state index is 5.47. The van der Waals surface area contributed by atoms with Crippen molar-refractivity contribution in [2.45, 2.75) is 25.5 Å². The highest BCUT2D eigenvalue weighted by atomic mass is 16.5. The molecule has 1 aromatic carbocycles. The molecule has 1 fully saturated rings. The number of methoxy groups -OCH3 is 1. The van der Waals surface area contributed by atoms with E-state index in [2.05, 4.69) is 22.2 Å². The summed E-state index contributed by atoms with van der Waals surface area (Å²) in [6, 6.07) is 10.3. The lowest BCUT2D eigenvalue weighted by atomic mass is 10.1. The van der Waals surface area contributed by atoms with Gasteiger partial charge in [-0.15, -0.1) is 0 Å². The molecular formula is C15H19N3O2. The third-order valence-corrected chi connectivity index (χ3v) is 3.49. The summed E-state index contributed by atoms with van der Waals surface area (Å²) < 4.78 is 12.6. The van der Waals surface area contributed by atoms with Gasteiger partial charge in [0.15, 0.2) is 5.82 Å². The molecule has 0 saturated carbocycles. The Balaban J connectivity index is 1.87. The second-order valence-corrected chi connectivity index (χ2v) is 5.02. The summed E-state index contributed by atoms with van der Waals surface area (Å²) in [5, 5.41) is 4.56. The van der Waals surface area contributed by atoms with Crippen LogP contribution in [-0.2, 0) is 22.6 Å². The zero-order valence-corrected chi connectivity index (χ0v) is 11.7. The van der Waals surface area contributed by atoms with Gasteiger partial charge in [-0.25, -0.2) is 9.67 Å². The monoisotopic (exact) mass is 273 g/mol. The maximum Gasteiger partial charge on any atom is 0.176 e. The molecule has 1 saturated heterocycles. The van der Waals surface area contributed by atoms with Gasteiger partial charge in [-0.1, -0.05) is 30.3 Å². The normalized spacial score (nSPS) is 18.6. The van der Waals surface area contributed by atoms with E-state index >= 15 is 0 Å². The minimum absolute atomic E-state index is 0.344. The number of aromatic nitrogens is 3. The van der Waals surface area contributed by atoms with Crippen LogP contribution in [-0.4, -0.2) is 35.1 Å². The van der Waals surface area contributed by atoms with Gasteiger partial charge in [0, 0.05) is 19.6 Å². The van der Waals surface area contributed by atoms with Crippen LogP contribution in [0.15, 0.2) is 30.3 Å². The molecule has 0 aliphatic carbocycles. The van der Waals surface area contributed by atoms with E-state index in [4.69, 9.17) is 9.47 Å². The van der Waals surface area contributed by atoms with Crippen LogP contribution in [0.25, 0.3) is 0 Å². The minimum Gasteiger partial charge on any atom is -0.381 e. The van der Waals surface area contributed by atoms with Crippen molar-refractivity contribution in [1.82, 2.24) is 14.8 Å². The number of nitrogens with zero attached hydrogens (tertiary/aromatic N) is 3. The van der Waals surface area contributed by atoms with E-state index in [1.807, 2.05) is 22.9 Å². The predicted molar refractivity (Wildman–Crippen MR) is 74.5 cm³/mol. The fraction of sp³-hybridized carbons (Fsp3) is 0.467. The van der Waals surface area contributed by atoms with Crippen molar-refractivity contribution in [3.8, 4) is 0 Å². The molecule has 1 aliphatic heterocycles. The van der Waals surface area contributed by atoms with Gasteiger partial charge in [0.25, 0.3) is 0 Å². The van der Waals surface area contributed by atoms with E-state index in [0.717, 1.165) is 37.8 Å². The van der Waals surface area contributed by atoms with Crippen molar-refractivity contribution in [3.05, 3.63) is 47.5 Å². The first-order valence-corrected chi connectivity index (χ1v) is 6.91. The Morgan fingerprint density at radius 2 is 2.20 bits per heavy atom. The molecule has 0 unspecified atom stereocenters. The van der Waals surface area contributed by atoms with Crippen molar-refractivity contribution in [2.24, 2.45) is 0 Å². The molecule has 0 N–H and O–H groups in total. The van der Waals surface area contributed by atoms with Crippen LogP contribution in [0.1, 0.15) is 29.6 Å². The van der Waals surface area contributed by atoms with Crippen LogP contribution >= 0.6 is 0 Å². The van der Waals surface area contributed by atoms with E-state index in [1.165, 1.54) is 5.56 Å². The Hall–Kier alpha value is -1.72. The Morgan fingerprint density at radius 1 is 1.35 bits per heavy atom. The molecular weight excluding hydrogens is 254 g/mol. The molecule has 0 bridgehead atoms. The first-order chi connectivity index (χ1) is 9.86. The fourth-order valence-electron chi connectivity index (χ4n) is 2.51. The predicted octanol–water partition coefficient (Wildman–Crippen LogP) is 1.98. The first kappa shape index (κ1) is 13.3. The molecule has 0 radical (unpaired) electrons. The van der Waals surface area contributed by atoms with Gasteiger partial charge in [-0.3, -0.25) is 0 Å². The van der Waals surface area contributed by atoms with E-state index in [1.54, 1.807) is 7.11 Å². The van der Waals surface area contributed by atoms with Gasteiger partial charge in [0.1, 0.15) is 12.4 Å². The first-order valence-electron chi connectivity index (χ1n) is 6.91. The molecule has 5 nitrogen and oxygen atoms in total. The van der Waals surface area contributed by atoms with Crippen LogP contribution in [0.2, 0.25) is 0 Å². The SMILES string of the molecule is COCc1nc([C@@H]2CCOC2)n(Cc2ccccc2)n1.